The lowest BCUT2D eigenvalue weighted by molar-refractivity contribution is -0.140. The van der Waals surface area contributed by atoms with Gasteiger partial charge in [0.2, 0.25) is 0 Å². The molecule has 7 heteroatoms. The molecule has 1 aliphatic rings. The Morgan fingerprint density at radius 1 is 0.897 bits per heavy atom. The van der Waals surface area contributed by atoms with Crippen LogP contribution in [0.5, 0.6) is 17.2 Å². The third-order valence-electron chi connectivity index (χ3n) is 6.31. The molecule has 1 heterocycles. The molecule has 0 aliphatic carbocycles. The number of ether oxygens (including phenoxy) is 3. The van der Waals surface area contributed by atoms with E-state index in [9.17, 15) is 14.7 Å². The maximum atomic E-state index is 13.4. The second-order valence-electron chi connectivity index (χ2n) is 10.2. The standard InChI is InChI=1S/C32H35NO6/c1-20(2)19-38-25-13-11-24(12-14-25)30(34)28-29(23-9-15-26(16-10-23)39-21(3)4)33(32(36)31(28)35)18-22-7-6-8-27(17-22)37-5/h6-17,20-21,29,34H,18-19H2,1-5H3/b30-28-. The summed E-state index contributed by atoms with van der Waals surface area (Å²) < 4.78 is 16.9. The Kier molecular flexibility index (Phi) is 8.59. The van der Waals surface area contributed by atoms with Gasteiger partial charge in [0.05, 0.1) is 31.4 Å². The third kappa shape index (κ3) is 6.42. The van der Waals surface area contributed by atoms with Crippen molar-refractivity contribution in [1.29, 1.82) is 0 Å². The summed E-state index contributed by atoms with van der Waals surface area (Å²) >= 11 is 0. The number of aliphatic hydroxyl groups is 1. The van der Waals surface area contributed by atoms with Gasteiger partial charge in [-0.1, -0.05) is 38.1 Å². The molecule has 1 amide bonds. The molecule has 3 aromatic rings. The van der Waals surface area contributed by atoms with E-state index < -0.39 is 17.7 Å². The van der Waals surface area contributed by atoms with Crippen LogP contribution in [-0.4, -0.2) is 41.5 Å². The van der Waals surface area contributed by atoms with E-state index in [-0.39, 0.29) is 24.0 Å². The Morgan fingerprint density at radius 3 is 2.18 bits per heavy atom. The molecule has 0 bridgehead atoms. The summed E-state index contributed by atoms with van der Waals surface area (Å²) in [6.45, 7) is 8.73. The highest BCUT2D eigenvalue weighted by Gasteiger charge is 2.46. The lowest BCUT2D eigenvalue weighted by Crippen LogP contribution is -2.29. The van der Waals surface area contributed by atoms with Crippen molar-refractivity contribution in [3.05, 3.63) is 95.1 Å². The van der Waals surface area contributed by atoms with Gasteiger partial charge in [0.1, 0.15) is 23.0 Å². The van der Waals surface area contributed by atoms with E-state index in [4.69, 9.17) is 14.2 Å². The highest BCUT2D eigenvalue weighted by molar-refractivity contribution is 6.46. The molecule has 4 rings (SSSR count). The molecule has 0 aromatic heterocycles. The number of ketones is 1. The molecule has 1 fully saturated rings. The number of Topliss-reactive ketones (excluding diaryl/α,β-unsaturated/α-hetero) is 1. The Morgan fingerprint density at radius 2 is 1.56 bits per heavy atom. The van der Waals surface area contributed by atoms with Crippen molar-refractivity contribution in [2.75, 3.05) is 13.7 Å². The molecular weight excluding hydrogens is 494 g/mol. The summed E-state index contributed by atoms with van der Waals surface area (Å²) in [7, 11) is 1.57. The summed E-state index contributed by atoms with van der Waals surface area (Å²) in [6, 6.07) is 20.7. The zero-order valence-electron chi connectivity index (χ0n) is 23.0. The Bertz CT molecular complexity index is 1340. The molecule has 1 aliphatic heterocycles. The van der Waals surface area contributed by atoms with Crippen LogP contribution in [0.1, 0.15) is 50.4 Å². The Hall–Kier alpha value is -4.26. The van der Waals surface area contributed by atoms with E-state index >= 15 is 0 Å². The van der Waals surface area contributed by atoms with Crippen molar-refractivity contribution in [2.45, 2.75) is 46.4 Å². The number of aliphatic hydroxyl groups excluding tert-OH is 1. The number of methoxy groups -OCH3 is 1. The second kappa shape index (κ2) is 12.1. The second-order valence-corrected chi connectivity index (χ2v) is 10.2. The van der Waals surface area contributed by atoms with E-state index in [2.05, 4.69) is 13.8 Å². The molecule has 1 saturated heterocycles. The third-order valence-corrected chi connectivity index (χ3v) is 6.31. The predicted molar refractivity (Wildman–Crippen MR) is 150 cm³/mol. The first-order chi connectivity index (χ1) is 18.7. The molecule has 0 saturated carbocycles. The number of benzene rings is 3. The van der Waals surface area contributed by atoms with Gasteiger partial charge in [0.15, 0.2) is 0 Å². The molecule has 0 radical (unpaired) electrons. The van der Waals surface area contributed by atoms with Crippen molar-refractivity contribution in [2.24, 2.45) is 5.92 Å². The van der Waals surface area contributed by atoms with Crippen molar-refractivity contribution in [1.82, 2.24) is 4.90 Å². The minimum atomic E-state index is -0.791. The van der Waals surface area contributed by atoms with Gasteiger partial charge in [-0.25, -0.2) is 0 Å². The quantitative estimate of drug-likeness (QED) is 0.193. The average molecular weight is 530 g/mol. The van der Waals surface area contributed by atoms with E-state index in [0.29, 0.717) is 40.9 Å². The van der Waals surface area contributed by atoms with Gasteiger partial charge in [-0.3, -0.25) is 9.59 Å². The molecule has 1 N–H and O–H groups in total. The number of amides is 1. The van der Waals surface area contributed by atoms with Gasteiger partial charge < -0.3 is 24.2 Å². The molecular formula is C32H35NO6. The predicted octanol–water partition coefficient (Wildman–Crippen LogP) is 6.14. The maximum Gasteiger partial charge on any atom is 0.295 e. The fourth-order valence-electron chi connectivity index (χ4n) is 4.49. The zero-order chi connectivity index (χ0) is 28.1. The van der Waals surface area contributed by atoms with Gasteiger partial charge in [0.25, 0.3) is 11.7 Å². The van der Waals surface area contributed by atoms with Crippen LogP contribution in [0.3, 0.4) is 0 Å². The first kappa shape index (κ1) is 27.8. The van der Waals surface area contributed by atoms with Crippen LogP contribution in [0.25, 0.3) is 5.76 Å². The van der Waals surface area contributed by atoms with Crippen LogP contribution in [-0.2, 0) is 16.1 Å². The molecule has 39 heavy (non-hydrogen) atoms. The summed E-state index contributed by atoms with van der Waals surface area (Å²) in [5.74, 6) is 0.717. The molecule has 7 nitrogen and oxygen atoms in total. The molecule has 3 aromatic carbocycles. The van der Waals surface area contributed by atoms with Gasteiger partial charge in [-0.15, -0.1) is 0 Å². The molecule has 0 spiro atoms. The molecule has 1 atom stereocenters. The largest absolute Gasteiger partial charge is 0.507 e. The van der Waals surface area contributed by atoms with Gasteiger partial charge in [0, 0.05) is 12.1 Å². The average Bonchev–Trinajstić information content (AvgIpc) is 3.17. The monoisotopic (exact) mass is 529 g/mol. The van der Waals surface area contributed by atoms with Crippen LogP contribution < -0.4 is 14.2 Å². The van der Waals surface area contributed by atoms with Gasteiger partial charge in [-0.2, -0.15) is 0 Å². The SMILES string of the molecule is COc1cccc(CN2C(=O)C(=O)/C(=C(\O)c3ccc(OCC(C)C)cc3)C2c2ccc(OC(C)C)cc2)c1. The summed E-state index contributed by atoms with van der Waals surface area (Å²) in [4.78, 5) is 28.3. The number of hydrogen-bond donors (Lipinski definition) is 1. The van der Waals surface area contributed by atoms with Crippen molar-refractivity contribution in [3.63, 3.8) is 0 Å². The summed E-state index contributed by atoms with van der Waals surface area (Å²) in [5.41, 5.74) is 1.95. The number of nitrogens with zero attached hydrogens (tertiary/aromatic N) is 1. The van der Waals surface area contributed by atoms with Crippen LogP contribution in [0.15, 0.2) is 78.4 Å². The van der Waals surface area contributed by atoms with E-state index in [1.54, 1.807) is 31.4 Å². The van der Waals surface area contributed by atoms with Crippen LogP contribution in [0, 0.1) is 5.92 Å². The lowest BCUT2D eigenvalue weighted by Gasteiger charge is -2.26. The lowest BCUT2D eigenvalue weighted by atomic mass is 9.95. The van der Waals surface area contributed by atoms with Crippen molar-refractivity contribution in [3.8, 4) is 17.2 Å². The van der Waals surface area contributed by atoms with Gasteiger partial charge >= 0.3 is 0 Å². The number of hydrogen-bond acceptors (Lipinski definition) is 6. The van der Waals surface area contributed by atoms with E-state index in [0.717, 1.165) is 5.56 Å². The van der Waals surface area contributed by atoms with E-state index in [1.807, 2.05) is 62.4 Å². The summed E-state index contributed by atoms with van der Waals surface area (Å²) in [5, 5.41) is 11.4. The molecule has 204 valence electrons. The van der Waals surface area contributed by atoms with Crippen molar-refractivity contribution >= 4 is 17.4 Å². The highest BCUT2D eigenvalue weighted by atomic mass is 16.5. The zero-order valence-corrected chi connectivity index (χ0v) is 23.0. The first-order valence-electron chi connectivity index (χ1n) is 13.1. The number of likely N-dealkylation sites (tertiary alicyclic amines) is 1. The number of carbonyl (C=O) groups is 2. The topological polar surface area (TPSA) is 85.3 Å². The van der Waals surface area contributed by atoms with Gasteiger partial charge in [-0.05, 0) is 79.4 Å². The maximum absolute atomic E-state index is 13.4. The highest BCUT2D eigenvalue weighted by Crippen LogP contribution is 2.41. The summed E-state index contributed by atoms with van der Waals surface area (Å²) in [6.07, 6.45) is 0.00189. The minimum absolute atomic E-state index is 0.00189. The molecule has 1 unspecified atom stereocenters. The van der Waals surface area contributed by atoms with Crippen molar-refractivity contribution < 1.29 is 28.9 Å². The van der Waals surface area contributed by atoms with Crippen LogP contribution in [0.2, 0.25) is 0 Å². The Balaban J connectivity index is 1.75. The fraction of sp³-hybridized carbons (Fsp3) is 0.312. The first-order valence-corrected chi connectivity index (χ1v) is 13.1. The van der Waals surface area contributed by atoms with Crippen LogP contribution >= 0.6 is 0 Å². The number of carbonyl (C=O) groups excluding carboxylic acids is 2. The number of rotatable bonds is 10. The Labute approximate surface area is 229 Å². The van der Waals surface area contributed by atoms with Crippen LogP contribution in [0.4, 0.5) is 0 Å². The minimum Gasteiger partial charge on any atom is -0.507 e. The van der Waals surface area contributed by atoms with E-state index in [1.165, 1.54) is 4.90 Å². The smallest absolute Gasteiger partial charge is 0.295 e. The fourth-order valence-corrected chi connectivity index (χ4v) is 4.49. The normalized spacial score (nSPS) is 16.7.